The van der Waals surface area contributed by atoms with E-state index >= 15 is 0 Å². The van der Waals surface area contributed by atoms with Gasteiger partial charge in [-0.05, 0) is 11.1 Å². The summed E-state index contributed by atoms with van der Waals surface area (Å²) in [5.41, 5.74) is 1.85. The molecule has 2 aromatic rings. The van der Waals surface area contributed by atoms with Crippen molar-refractivity contribution in [2.75, 3.05) is 12.9 Å². The molecule has 2 unspecified atom stereocenters. The molecule has 4 heteroatoms. The molecule has 0 bridgehead atoms. The fraction of sp³-hybridized carbons (Fsp3) is 0.235. The van der Waals surface area contributed by atoms with Gasteiger partial charge in [0.25, 0.3) is 0 Å². The van der Waals surface area contributed by atoms with Gasteiger partial charge in [-0.25, -0.2) is 0 Å². The fourth-order valence-corrected chi connectivity index (χ4v) is 3.52. The summed E-state index contributed by atoms with van der Waals surface area (Å²) in [6, 6.07) is 19.0. The highest BCUT2D eigenvalue weighted by Crippen LogP contribution is 2.19. The van der Waals surface area contributed by atoms with E-state index in [0.29, 0.717) is 5.75 Å². The standard InChI is InChI=1S/C17H18O3S/c1-20-17(18)16(15-10-6-3-7-11-15)13-21(19)12-14-8-4-2-5-9-14/h2-11,16H,12-13H2,1H3. The number of ether oxygens (including phenoxy) is 1. The molecule has 2 atom stereocenters. The molecule has 0 aliphatic heterocycles. The minimum Gasteiger partial charge on any atom is -0.469 e. The van der Waals surface area contributed by atoms with Crippen molar-refractivity contribution in [3.05, 3.63) is 71.8 Å². The van der Waals surface area contributed by atoms with Crippen LogP contribution in [0.4, 0.5) is 0 Å². The van der Waals surface area contributed by atoms with Crippen LogP contribution in [-0.2, 0) is 26.1 Å². The summed E-state index contributed by atoms with van der Waals surface area (Å²) in [4.78, 5) is 11.9. The Balaban J connectivity index is 2.09. The third-order valence-corrected chi connectivity index (χ3v) is 4.57. The Kier molecular flexibility index (Phi) is 5.69. The van der Waals surface area contributed by atoms with E-state index in [1.54, 1.807) is 0 Å². The number of hydrogen-bond acceptors (Lipinski definition) is 3. The summed E-state index contributed by atoms with van der Waals surface area (Å²) in [6.45, 7) is 0. The van der Waals surface area contributed by atoms with Crippen molar-refractivity contribution in [1.29, 1.82) is 0 Å². The highest BCUT2D eigenvalue weighted by molar-refractivity contribution is 7.84. The number of esters is 1. The van der Waals surface area contributed by atoms with E-state index in [9.17, 15) is 9.00 Å². The first kappa shape index (κ1) is 15.4. The lowest BCUT2D eigenvalue weighted by atomic mass is 10.0. The SMILES string of the molecule is COC(=O)C(CS(=O)Cc1ccccc1)c1ccccc1. The predicted molar refractivity (Wildman–Crippen MR) is 84.4 cm³/mol. The molecule has 0 aromatic heterocycles. The lowest BCUT2D eigenvalue weighted by Gasteiger charge is -2.14. The van der Waals surface area contributed by atoms with Gasteiger partial charge in [0.1, 0.15) is 0 Å². The van der Waals surface area contributed by atoms with Gasteiger partial charge in [-0.3, -0.25) is 9.00 Å². The van der Waals surface area contributed by atoms with Gasteiger partial charge < -0.3 is 4.74 Å². The van der Waals surface area contributed by atoms with Crippen molar-refractivity contribution >= 4 is 16.8 Å². The zero-order chi connectivity index (χ0) is 15.1. The molecule has 0 saturated heterocycles. The number of carbonyl (C=O) groups is 1. The molecule has 0 aliphatic carbocycles. The van der Waals surface area contributed by atoms with Gasteiger partial charge in [-0.15, -0.1) is 0 Å². The second-order valence-electron chi connectivity index (χ2n) is 4.72. The lowest BCUT2D eigenvalue weighted by molar-refractivity contribution is -0.141. The summed E-state index contributed by atoms with van der Waals surface area (Å²) in [5, 5.41) is 0. The van der Waals surface area contributed by atoms with Gasteiger partial charge in [0.15, 0.2) is 0 Å². The lowest BCUT2D eigenvalue weighted by Crippen LogP contribution is -2.21. The molecule has 0 N–H and O–H groups in total. The number of methoxy groups -OCH3 is 1. The Morgan fingerprint density at radius 3 is 2.19 bits per heavy atom. The molecule has 2 rings (SSSR count). The maximum absolute atomic E-state index is 12.3. The van der Waals surface area contributed by atoms with Crippen LogP contribution < -0.4 is 0 Å². The molecule has 0 fully saturated rings. The van der Waals surface area contributed by atoms with Crippen LogP contribution in [0.1, 0.15) is 17.0 Å². The molecule has 110 valence electrons. The molecular formula is C17H18O3S. The Bertz CT molecular complexity index is 596. The molecule has 0 saturated carbocycles. The van der Waals surface area contributed by atoms with Crippen LogP contribution in [0, 0.1) is 0 Å². The zero-order valence-electron chi connectivity index (χ0n) is 11.9. The average Bonchev–Trinajstić information content (AvgIpc) is 2.53. The van der Waals surface area contributed by atoms with E-state index in [1.807, 2.05) is 60.7 Å². The van der Waals surface area contributed by atoms with E-state index in [1.165, 1.54) is 7.11 Å². The van der Waals surface area contributed by atoms with Crippen molar-refractivity contribution in [2.24, 2.45) is 0 Å². The molecule has 2 aromatic carbocycles. The number of benzene rings is 2. The van der Waals surface area contributed by atoms with E-state index < -0.39 is 16.7 Å². The van der Waals surface area contributed by atoms with E-state index in [4.69, 9.17) is 4.74 Å². The Hall–Kier alpha value is -1.94. The van der Waals surface area contributed by atoms with Crippen LogP contribution in [0.3, 0.4) is 0 Å². The topological polar surface area (TPSA) is 43.4 Å². The third kappa shape index (κ3) is 4.53. The molecule has 0 radical (unpaired) electrons. The Labute approximate surface area is 127 Å². The smallest absolute Gasteiger partial charge is 0.314 e. The first-order valence-corrected chi connectivity index (χ1v) is 8.21. The van der Waals surface area contributed by atoms with Crippen LogP contribution >= 0.6 is 0 Å². The van der Waals surface area contributed by atoms with Gasteiger partial charge in [0.2, 0.25) is 0 Å². The van der Waals surface area contributed by atoms with Crippen LogP contribution in [0.15, 0.2) is 60.7 Å². The molecule has 0 heterocycles. The van der Waals surface area contributed by atoms with Gasteiger partial charge in [0, 0.05) is 22.3 Å². The Morgan fingerprint density at radius 2 is 1.62 bits per heavy atom. The van der Waals surface area contributed by atoms with Crippen molar-refractivity contribution in [3.8, 4) is 0 Å². The highest BCUT2D eigenvalue weighted by atomic mass is 32.2. The van der Waals surface area contributed by atoms with Crippen LogP contribution in [-0.4, -0.2) is 23.0 Å². The maximum atomic E-state index is 12.3. The van der Waals surface area contributed by atoms with Crippen LogP contribution in [0.25, 0.3) is 0 Å². The highest BCUT2D eigenvalue weighted by Gasteiger charge is 2.23. The van der Waals surface area contributed by atoms with Crippen LogP contribution in [0.5, 0.6) is 0 Å². The molecular weight excluding hydrogens is 284 g/mol. The number of carbonyl (C=O) groups excluding carboxylic acids is 1. The third-order valence-electron chi connectivity index (χ3n) is 3.21. The largest absolute Gasteiger partial charge is 0.469 e. The molecule has 0 amide bonds. The zero-order valence-corrected chi connectivity index (χ0v) is 12.7. The first-order chi connectivity index (χ1) is 10.2. The average molecular weight is 302 g/mol. The van der Waals surface area contributed by atoms with Crippen molar-refractivity contribution in [1.82, 2.24) is 0 Å². The summed E-state index contributed by atoms with van der Waals surface area (Å²) >= 11 is 0. The minimum absolute atomic E-state index is 0.269. The van der Waals surface area contributed by atoms with Crippen molar-refractivity contribution in [2.45, 2.75) is 11.7 Å². The summed E-state index contributed by atoms with van der Waals surface area (Å²) in [7, 11) is 0.235. The van der Waals surface area contributed by atoms with Gasteiger partial charge in [-0.2, -0.15) is 0 Å². The fourth-order valence-electron chi connectivity index (χ4n) is 2.13. The summed E-state index contributed by atoms with van der Waals surface area (Å²) in [5.74, 6) is -0.115. The van der Waals surface area contributed by atoms with E-state index in [-0.39, 0.29) is 11.7 Å². The summed E-state index contributed by atoms with van der Waals surface area (Å²) in [6.07, 6.45) is 0. The van der Waals surface area contributed by atoms with Gasteiger partial charge in [-0.1, -0.05) is 60.7 Å². The first-order valence-electron chi connectivity index (χ1n) is 6.72. The van der Waals surface area contributed by atoms with Crippen molar-refractivity contribution in [3.63, 3.8) is 0 Å². The van der Waals surface area contributed by atoms with E-state index in [2.05, 4.69) is 0 Å². The van der Waals surface area contributed by atoms with Crippen molar-refractivity contribution < 1.29 is 13.7 Å². The molecule has 0 spiro atoms. The molecule has 21 heavy (non-hydrogen) atoms. The predicted octanol–water partition coefficient (Wildman–Crippen LogP) is 2.89. The number of rotatable bonds is 6. The second kappa shape index (κ2) is 7.74. The van der Waals surface area contributed by atoms with Gasteiger partial charge >= 0.3 is 5.97 Å². The molecule has 0 aliphatic rings. The van der Waals surface area contributed by atoms with Crippen LogP contribution in [0.2, 0.25) is 0 Å². The monoisotopic (exact) mass is 302 g/mol. The van der Waals surface area contributed by atoms with E-state index in [0.717, 1.165) is 11.1 Å². The minimum atomic E-state index is -1.12. The quantitative estimate of drug-likeness (QED) is 0.771. The number of hydrogen-bond donors (Lipinski definition) is 0. The Morgan fingerprint density at radius 1 is 1.05 bits per heavy atom. The normalized spacial score (nSPS) is 13.4. The second-order valence-corrected chi connectivity index (χ2v) is 6.22. The summed E-state index contributed by atoms with van der Waals surface area (Å²) < 4.78 is 17.2. The maximum Gasteiger partial charge on any atom is 0.314 e. The van der Waals surface area contributed by atoms with Gasteiger partial charge in [0.05, 0.1) is 13.0 Å². The molecule has 3 nitrogen and oxygen atoms in total.